The molecule has 2 aromatic carbocycles. The molecule has 6 nitrogen and oxygen atoms in total. The number of halogens is 3. The summed E-state index contributed by atoms with van der Waals surface area (Å²) in [4.78, 5) is 18.6. The van der Waals surface area contributed by atoms with Gasteiger partial charge in [-0.2, -0.15) is 4.98 Å². The molecule has 0 N–H and O–H groups in total. The minimum Gasteiger partial charge on any atom is -0.406 e. The third-order valence-electron chi connectivity index (χ3n) is 5.40. The number of hydrogen-bond donors (Lipinski definition) is 0. The fourth-order valence-electron chi connectivity index (χ4n) is 3.69. The summed E-state index contributed by atoms with van der Waals surface area (Å²) in [6, 6.07) is 13.0. The van der Waals surface area contributed by atoms with E-state index in [1.54, 1.807) is 4.90 Å². The molecule has 2 heterocycles. The lowest BCUT2D eigenvalue weighted by Crippen LogP contribution is -2.27. The number of aromatic nitrogens is 2. The number of benzene rings is 2. The van der Waals surface area contributed by atoms with Crippen LogP contribution in [0.25, 0.3) is 11.4 Å². The zero-order chi connectivity index (χ0) is 22.9. The Bertz CT molecular complexity index is 1080. The first-order chi connectivity index (χ1) is 15.2. The van der Waals surface area contributed by atoms with Crippen LogP contribution in [-0.2, 0) is 11.3 Å². The molecule has 0 radical (unpaired) electrons. The number of likely N-dealkylation sites (tertiary alicyclic amines) is 1. The van der Waals surface area contributed by atoms with Gasteiger partial charge in [-0.25, -0.2) is 0 Å². The number of amides is 1. The number of hydrogen-bond acceptors (Lipinski definition) is 5. The summed E-state index contributed by atoms with van der Waals surface area (Å²) in [5.74, 6) is 0.646. The van der Waals surface area contributed by atoms with E-state index in [0.717, 1.165) is 5.56 Å². The lowest BCUT2D eigenvalue weighted by Gasteiger charge is -2.22. The van der Waals surface area contributed by atoms with Crippen LogP contribution in [0.2, 0.25) is 0 Å². The van der Waals surface area contributed by atoms with Crippen molar-refractivity contribution in [3.63, 3.8) is 0 Å². The second-order valence-electron chi connectivity index (χ2n) is 8.00. The van der Waals surface area contributed by atoms with Crippen LogP contribution in [0.15, 0.2) is 53.1 Å². The fourth-order valence-corrected chi connectivity index (χ4v) is 3.69. The van der Waals surface area contributed by atoms with Crippen LogP contribution < -0.4 is 4.74 Å². The number of carbonyl (C=O) groups excluding carboxylic acids is 1. The Hall–Kier alpha value is -3.36. The highest BCUT2D eigenvalue weighted by molar-refractivity contribution is 5.78. The molecule has 1 fully saturated rings. The molecule has 9 heteroatoms. The summed E-state index contributed by atoms with van der Waals surface area (Å²) in [6.07, 6.45) is -3.81. The van der Waals surface area contributed by atoms with Crippen LogP contribution in [0, 0.1) is 0 Å². The second kappa shape index (κ2) is 8.64. The molecule has 3 aromatic rings. The molecule has 4 rings (SSSR count). The molecule has 0 bridgehead atoms. The van der Waals surface area contributed by atoms with Crippen LogP contribution >= 0.6 is 0 Å². The number of ether oxygens (including phenoxy) is 1. The fraction of sp³-hybridized carbons (Fsp3) is 0.348. The van der Waals surface area contributed by atoms with Crippen molar-refractivity contribution in [2.24, 2.45) is 0 Å². The van der Waals surface area contributed by atoms with E-state index in [0.29, 0.717) is 36.8 Å². The average molecular weight is 445 g/mol. The van der Waals surface area contributed by atoms with Crippen LogP contribution in [0.5, 0.6) is 5.75 Å². The van der Waals surface area contributed by atoms with Gasteiger partial charge in [-0.1, -0.05) is 43.3 Å². The molecular weight excluding hydrogens is 423 g/mol. The SMILES string of the molecule is CC(C)c1ccc(CN2C(=O)CCC2c2nc(-c3ccc(OC(F)(F)F)cc3)no2)cc1. The van der Waals surface area contributed by atoms with Crippen LogP contribution in [0.3, 0.4) is 0 Å². The van der Waals surface area contributed by atoms with Gasteiger partial charge in [0.15, 0.2) is 0 Å². The van der Waals surface area contributed by atoms with Crippen molar-refractivity contribution in [2.45, 2.75) is 51.6 Å². The Morgan fingerprint density at radius 3 is 2.44 bits per heavy atom. The molecule has 1 aliphatic heterocycles. The van der Waals surface area contributed by atoms with Crippen molar-refractivity contribution >= 4 is 5.91 Å². The maximum absolute atomic E-state index is 12.5. The molecule has 1 unspecified atom stereocenters. The number of carbonyl (C=O) groups is 1. The first-order valence-corrected chi connectivity index (χ1v) is 10.3. The van der Waals surface area contributed by atoms with E-state index >= 15 is 0 Å². The van der Waals surface area contributed by atoms with E-state index in [9.17, 15) is 18.0 Å². The molecular formula is C23H22F3N3O3. The zero-order valence-corrected chi connectivity index (χ0v) is 17.6. The third kappa shape index (κ3) is 4.92. The van der Waals surface area contributed by atoms with Gasteiger partial charge in [-0.3, -0.25) is 4.79 Å². The maximum Gasteiger partial charge on any atom is 0.573 e. The normalized spacial score (nSPS) is 16.8. The van der Waals surface area contributed by atoms with Gasteiger partial charge in [0.25, 0.3) is 0 Å². The molecule has 1 saturated heterocycles. The first-order valence-electron chi connectivity index (χ1n) is 10.3. The summed E-state index contributed by atoms with van der Waals surface area (Å²) in [5.41, 5.74) is 2.72. The number of nitrogens with zero attached hydrogens (tertiary/aromatic N) is 3. The van der Waals surface area contributed by atoms with E-state index in [1.807, 2.05) is 12.1 Å². The molecule has 0 spiro atoms. The molecule has 1 aliphatic rings. The standard InChI is InChI=1S/C23H22F3N3O3/c1-14(2)16-5-3-15(4-6-16)13-29-19(11-12-20(29)30)22-27-21(28-32-22)17-7-9-18(10-8-17)31-23(24,25)26/h3-10,14,19H,11-13H2,1-2H3. The zero-order valence-electron chi connectivity index (χ0n) is 17.6. The number of rotatable bonds is 6. The van der Waals surface area contributed by atoms with Crippen molar-refractivity contribution < 1.29 is 27.2 Å². The average Bonchev–Trinajstić information content (AvgIpc) is 3.35. The van der Waals surface area contributed by atoms with Crippen molar-refractivity contribution in [1.82, 2.24) is 15.0 Å². The maximum atomic E-state index is 12.5. The third-order valence-corrected chi connectivity index (χ3v) is 5.40. The molecule has 32 heavy (non-hydrogen) atoms. The van der Waals surface area contributed by atoms with Crippen molar-refractivity contribution in [3.05, 3.63) is 65.5 Å². The molecule has 1 aromatic heterocycles. The Labute approximate surface area is 183 Å². The highest BCUT2D eigenvalue weighted by atomic mass is 19.4. The van der Waals surface area contributed by atoms with Gasteiger partial charge in [-0.05, 0) is 47.7 Å². The van der Waals surface area contributed by atoms with Gasteiger partial charge >= 0.3 is 6.36 Å². The largest absolute Gasteiger partial charge is 0.573 e. The van der Waals surface area contributed by atoms with E-state index in [2.05, 4.69) is 40.9 Å². The molecule has 0 saturated carbocycles. The molecule has 168 valence electrons. The lowest BCUT2D eigenvalue weighted by atomic mass is 10.0. The lowest BCUT2D eigenvalue weighted by molar-refractivity contribution is -0.274. The topological polar surface area (TPSA) is 68.5 Å². The van der Waals surface area contributed by atoms with E-state index in [4.69, 9.17) is 4.52 Å². The number of alkyl halides is 3. The first kappa shape index (κ1) is 21.9. The van der Waals surface area contributed by atoms with Crippen LogP contribution in [0.4, 0.5) is 13.2 Å². The molecule has 1 atom stereocenters. The minimum atomic E-state index is -4.76. The van der Waals surface area contributed by atoms with Gasteiger partial charge in [-0.15, -0.1) is 13.2 Å². The van der Waals surface area contributed by atoms with E-state index in [1.165, 1.54) is 29.8 Å². The van der Waals surface area contributed by atoms with E-state index in [-0.39, 0.29) is 23.5 Å². The minimum absolute atomic E-state index is 0.0105. The Morgan fingerprint density at radius 2 is 1.81 bits per heavy atom. The summed E-state index contributed by atoms with van der Waals surface area (Å²) < 4.78 is 46.3. The summed E-state index contributed by atoms with van der Waals surface area (Å²) >= 11 is 0. The van der Waals surface area contributed by atoms with Crippen molar-refractivity contribution in [2.75, 3.05) is 0 Å². The quantitative estimate of drug-likeness (QED) is 0.492. The second-order valence-corrected chi connectivity index (χ2v) is 8.00. The van der Waals surface area contributed by atoms with Crippen LogP contribution in [-0.4, -0.2) is 27.3 Å². The smallest absolute Gasteiger partial charge is 0.406 e. The summed E-state index contributed by atoms with van der Waals surface area (Å²) in [5, 5.41) is 3.95. The predicted molar refractivity (Wildman–Crippen MR) is 109 cm³/mol. The van der Waals surface area contributed by atoms with Crippen LogP contribution in [0.1, 0.15) is 55.7 Å². The summed E-state index contributed by atoms with van der Waals surface area (Å²) in [6.45, 7) is 4.68. The summed E-state index contributed by atoms with van der Waals surface area (Å²) in [7, 11) is 0. The van der Waals surface area contributed by atoms with Crippen molar-refractivity contribution in [1.29, 1.82) is 0 Å². The Kier molecular flexibility index (Phi) is 5.90. The van der Waals surface area contributed by atoms with Crippen molar-refractivity contribution in [3.8, 4) is 17.1 Å². The highest BCUT2D eigenvalue weighted by Gasteiger charge is 2.36. The van der Waals surface area contributed by atoms with Gasteiger partial charge in [0.05, 0.1) is 0 Å². The van der Waals surface area contributed by atoms with Gasteiger partial charge in [0.2, 0.25) is 17.6 Å². The van der Waals surface area contributed by atoms with E-state index < -0.39 is 6.36 Å². The predicted octanol–water partition coefficient (Wildman–Crippen LogP) is 5.62. The van der Waals surface area contributed by atoms with Gasteiger partial charge in [0.1, 0.15) is 11.8 Å². The van der Waals surface area contributed by atoms with Gasteiger partial charge in [0, 0.05) is 18.5 Å². The Morgan fingerprint density at radius 1 is 1.12 bits per heavy atom. The molecule has 1 amide bonds. The Balaban J connectivity index is 1.49. The highest BCUT2D eigenvalue weighted by Crippen LogP contribution is 2.34. The van der Waals surface area contributed by atoms with Gasteiger partial charge < -0.3 is 14.2 Å². The molecule has 0 aliphatic carbocycles. The monoisotopic (exact) mass is 445 g/mol.